The van der Waals surface area contributed by atoms with Gasteiger partial charge >= 0.3 is 0 Å². The van der Waals surface area contributed by atoms with Crippen molar-refractivity contribution in [1.82, 2.24) is 9.88 Å². The first-order valence-electron chi connectivity index (χ1n) is 5.55. The third kappa shape index (κ3) is 3.12. The second-order valence-electron chi connectivity index (χ2n) is 4.06. The second-order valence-corrected chi connectivity index (χ2v) is 5.19. The largest absolute Gasteiger partial charge is 0.336 e. The van der Waals surface area contributed by atoms with E-state index in [2.05, 4.69) is 4.98 Å². The summed E-state index contributed by atoms with van der Waals surface area (Å²) in [6.07, 6.45) is 0. The summed E-state index contributed by atoms with van der Waals surface area (Å²) in [5, 5.41) is 12.5. The van der Waals surface area contributed by atoms with Crippen LogP contribution >= 0.6 is 22.9 Å². The molecule has 1 amide bonds. The number of hydrogen-bond donors (Lipinski definition) is 0. The highest BCUT2D eigenvalue weighted by molar-refractivity contribution is 7.07. The second kappa shape index (κ2) is 5.98. The molecule has 1 aromatic heterocycles. The van der Waals surface area contributed by atoms with E-state index in [1.165, 1.54) is 34.4 Å². The maximum absolute atomic E-state index is 12.2. The fourth-order valence-electron chi connectivity index (χ4n) is 1.64. The zero-order chi connectivity index (χ0) is 14.7. The molecule has 0 saturated heterocycles. The van der Waals surface area contributed by atoms with Crippen LogP contribution in [-0.4, -0.2) is 27.8 Å². The lowest BCUT2D eigenvalue weighted by Gasteiger charge is -2.16. The van der Waals surface area contributed by atoms with Crippen LogP contribution in [0.5, 0.6) is 0 Å². The highest BCUT2D eigenvalue weighted by Gasteiger charge is 2.18. The average molecular weight is 312 g/mol. The summed E-state index contributed by atoms with van der Waals surface area (Å²) >= 11 is 7.24. The Balaban J connectivity index is 2.16. The number of halogens is 1. The minimum Gasteiger partial charge on any atom is -0.336 e. The summed E-state index contributed by atoms with van der Waals surface area (Å²) in [7, 11) is 1.64. The number of amides is 1. The molecule has 0 N–H and O–H groups in total. The van der Waals surface area contributed by atoms with Gasteiger partial charge in [-0.15, -0.1) is 11.3 Å². The molecular weight excluding hydrogens is 302 g/mol. The van der Waals surface area contributed by atoms with Crippen LogP contribution in [0.3, 0.4) is 0 Å². The lowest BCUT2D eigenvalue weighted by molar-refractivity contribution is -0.384. The van der Waals surface area contributed by atoms with E-state index in [1.807, 2.05) is 5.38 Å². The third-order valence-electron chi connectivity index (χ3n) is 2.62. The van der Waals surface area contributed by atoms with E-state index in [0.717, 1.165) is 5.69 Å². The zero-order valence-electron chi connectivity index (χ0n) is 10.4. The Kier molecular flexibility index (Phi) is 4.31. The molecule has 0 unspecified atom stereocenters. The Labute approximate surface area is 123 Å². The zero-order valence-corrected chi connectivity index (χ0v) is 12.0. The lowest BCUT2D eigenvalue weighted by atomic mass is 10.2. The number of nitrogens with zero attached hydrogens (tertiary/aromatic N) is 3. The summed E-state index contributed by atoms with van der Waals surface area (Å²) < 4.78 is 0. The number of nitro groups is 1. The molecule has 0 bridgehead atoms. The monoisotopic (exact) mass is 311 g/mol. The molecule has 6 nitrogen and oxygen atoms in total. The van der Waals surface area contributed by atoms with Crippen LogP contribution in [-0.2, 0) is 6.54 Å². The summed E-state index contributed by atoms with van der Waals surface area (Å²) in [5.74, 6) is -0.269. The van der Waals surface area contributed by atoms with Crippen molar-refractivity contribution in [1.29, 1.82) is 0 Å². The molecule has 1 heterocycles. The van der Waals surface area contributed by atoms with E-state index in [0.29, 0.717) is 12.1 Å². The SMILES string of the molecule is CN(Cc1cscn1)C(=O)c1ccc([N+](=O)[O-])c(Cl)c1. The maximum atomic E-state index is 12.2. The van der Waals surface area contributed by atoms with Crippen LogP contribution in [0.4, 0.5) is 5.69 Å². The number of rotatable bonds is 4. The van der Waals surface area contributed by atoms with Gasteiger partial charge in [0.1, 0.15) is 5.02 Å². The van der Waals surface area contributed by atoms with E-state index in [4.69, 9.17) is 11.6 Å². The number of carbonyl (C=O) groups is 1. The Morgan fingerprint density at radius 2 is 2.30 bits per heavy atom. The molecule has 20 heavy (non-hydrogen) atoms. The summed E-state index contributed by atoms with van der Waals surface area (Å²) in [6.45, 7) is 0.372. The number of hydrogen-bond acceptors (Lipinski definition) is 5. The highest BCUT2D eigenvalue weighted by Crippen LogP contribution is 2.25. The maximum Gasteiger partial charge on any atom is 0.287 e. The van der Waals surface area contributed by atoms with Crippen LogP contribution in [0.25, 0.3) is 0 Å². The van der Waals surface area contributed by atoms with Gasteiger partial charge in [-0.3, -0.25) is 14.9 Å². The lowest BCUT2D eigenvalue weighted by Crippen LogP contribution is -2.26. The van der Waals surface area contributed by atoms with Crippen molar-refractivity contribution in [3.8, 4) is 0 Å². The highest BCUT2D eigenvalue weighted by atomic mass is 35.5. The smallest absolute Gasteiger partial charge is 0.287 e. The van der Waals surface area contributed by atoms with Gasteiger partial charge in [-0.25, -0.2) is 4.98 Å². The Hall–Kier alpha value is -1.99. The molecular formula is C12H10ClN3O3S. The molecule has 0 aliphatic carbocycles. The third-order valence-corrected chi connectivity index (χ3v) is 3.56. The van der Waals surface area contributed by atoms with Crippen LogP contribution in [0, 0.1) is 10.1 Å². The van der Waals surface area contributed by atoms with Gasteiger partial charge in [0.15, 0.2) is 0 Å². The molecule has 8 heteroatoms. The van der Waals surface area contributed by atoms with Crippen molar-refractivity contribution < 1.29 is 9.72 Å². The van der Waals surface area contributed by atoms with Crippen molar-refractivity contribution >= 4 is 34.5 Å². The summed E-state index contributed by atoms with van der Waals surface area (Å²) in [6, 6.07) is 3.93. The fourth-order valence-corrected chi connectivity index (χ4v) is 2.44. The normalized spacial score (nSPS) is 10.3. The van der Waals surface area contributed by atoms with Crippen LogP contribution in [0.15, 0.2) is 29.1 Å². The average Bonchev–Trinajstić information content (AvgIpc) is 2.90. The molecule has 0 atom stereocenters. The van der Waals surface area contributed by atoms with E-state index < -0.39 is 4.92 Å². The molecule has 0 fully saturated rings. The molecule has 0 radical (unpaired) electrons. The Morgan fingerprint density at radius 3 is 2.85 bits per heavy atom. The van der Waals surface area contributed by atoms with Gasteiger partial charge in [0, 0.05) is 24.1 Å². The summed E-state index contributed by atoms with van der Waals surface area (Å²) in [5.41, 5.74) is 2.57. The topological polar surface area (TPSA) is 76.3 Å². The summed E-state index contributed by atoms with van der Waals surface area (Å²) in [4.78, 5) is 27.8. The molecule has 0 spiro atoms. The standard InChI is InChI=1S/C12H10ClN3O3S/c1-15(5-9-6-20-7-14-9)12(17)8-2-3-11(16(18)19)10(13)4-8/h2-4,6-7H,5H2,1H3. The first-order chi connectivity index (χ1) is 9.49. The van der Waals surface area contributed by atoms with Gasteiger partial charge in [-0.2, -0.15) is 0 Å². The quantitative estimate of drug-likeness (QED) is 0.642. The van der Waals surface area contributed by atoms with Crippen molar-refractivity contribution in [2.24, 2.45) is 0 Å². The number of aromatic nitrogens is 1. The number of nitro benzene ring substituents is 1. The molecule has 0 aliphatic rings. The van der Waals surface area contributed by atoms with Crippen LogP contribution in [0.2, 0.25) is 5.02 Å². The van der Waals surface area contributed by atoms with Crippen molar-refractivity contribution in [2.45, 2.75) is 6.54 Å². The Morgan fingerprint density at radius 1 is 1.55 bits per heavy atom. The van der Waals surface area contributed by atoms with E-state index in [-0.39, 0.29) is 16.6 Å². The van der Waals surface area contributed by atoms with Gasteiger partial charge in [-0.1, -0.05) is 11.6 Å². The molecule has 2 rings (SSSR count). The first-order valence-corrected chi connectivity index (χ1v) is 6.87. The van der Waals surface area contributed by atoms with E-state index in [9.17, 15) is 14.9 Å². The number of carbonyl (C=O) groups excluding carboxylic acids is 1. The van der Waals surface area contributed by atoms with Gasteiger partial charge in [0.25, 0.3) is 11.6 Å². The van der Waals surface area contributed by atoms with Gasteiger partial charge in [0.05, 0.1) is 22.7 Å². The predicted molar refractivity (Wildman–Crippen MR) is 76.0 cm³/mol. The van der Waals surface area contributed by atoms with Crippen LogP contribution < -0.4 is 0 Å². The number of benzene rings is 1. The number of thiazole rings is 1. The predicted octanol–water partition coefficient (Wildman–Crippen LogP) is 2.98. The molecule has 104 valence electrons. The Bertz CT molecular complexity index is 645. The first kappa shape index (κ1) is 14.4. The van der Waals surface area contributed by atoms with Gasteiger partial charge in [-0.05, 0) is 12.1 Å². The minimum absolute atomic E-state index is 0.0529. The molecule has 0 aliphatic heterocycles. The van der Waals surface area contributed by atoms with Gasteiger partial charge < -0.3 is 4.90 Å². The van der Waals surface area contributed by atoms with Crippen molar-refractivity contribution in [3.05, 3.63) is 55.5 Å². The minimum atomic E-state index is -0.588. The molecule has 0 saturated carbocycles. The molecule has 1 aromatic carbocycles. The van der Waals surface area contributed by atoms with E-state index in [1.54, 1.807) is 12.6 Å². The molecule has 2 aromatic rings. The van der Waals surface area contributed by atoms with Gasteiger partial charge in [0.2, 0.25) is 0 Å². The van der Waals surface area contributed by atoms with E-state index >= 15 is 0 Å². The van der Waals surface area contributed by atoms with Crippen molar-refractivity contribution in [3.63, 3.8) is 0 Å². The fraction of sp³-hybridized carbons (Fsp3) is 0.167. The van der Waals surface area contributed by atoms with Crippen molar-refractivity contribution in [2.75, 3.05) is 7.05 Å². The van der Waals surface area contributed by atoms with Crippen LogP contribution in [0.1, 0.15) is 16.1 Å².